The highest BCUT2D eigenvalue weighted by atomic mass is 32.2. The molecule has 0 atom stereocenters. The van der Waals surface area contributed by atoms with Crippen LogP contribution in [-0.2, 0) is 0 Å². The van der Waals surface area contributed by atoms with Crippen molar-refractivity contribution in [2.45, 2.75) is 31.3 Å². The van der Waals surface area contributed by atoms with E-state index < -0.39 is 0 Å². The SMILES string of the molecule is Cc1cccc(-n2nnnc2SCCN2CCCCC2)c1. The van der Waals surface area contributed by atoms with Crippen LogP contribution < -0.4 is 0 Å². The van der Waals surface area contributed by atoms with E-state index in [4.69, 9.17) is 0 Å². The van der Waals surface area contributed by atoms with Gasteiger partial charge in [0.1, 0.15) is 0 Å². The molecule has 1 aromatic carbocycles. The lowest BCUT2D eigenvalue weighted by atomic mass is 10.1. The second kappa shape index (κ2) is 7.04. The van der Waals surface area contributed by atoms with E-state index in [2.05, 4.69) is 39.5 Å². The monoisotopic (exact) mass is 303 g/mol. The Morgan fingerprint density at radius 3 is 2.86 bits per heavy atom. The van der Waals surface area contributed by atoms with Crippen LogP contribution in [0.2, 0.25) is 0 Å². The molecule has 6 heteroatoms. The summed E-state index contributed by atoms with van der Waals surface area (Å²) in [5.41, 5.74) is 2.24. The second-order valence-electron chi connectivity index (χ2n) is 5.46. The predicted molar refractivity (Wildman–Crippen MR) is 84.9 cm³/mol. The van der Waals surface area contributed by atoms with Crippen molar-refractivity contribution in [3.8, 4) is 5.69 Å². The van der Waals surface area contributed by atoms with Gasteiger partial charge in [-0.1, -0.05) is 30.3 Å². The zero-order valence-electron chi connectivity index (χ0n) is 12.4. The fraction of sp³-hybridized carbons (Fsp3) is 0.533. The molecule has 0 aliphatic carbocycles. The lowest BCUT2D eigenvalue weighted by Crippen LogP contribution is -2.31. The van der Waals surface area contributed by atoms with E-state index in [1.54, 1.807) is 11.8 Å². The average Bonchev–Trinajstić information content (AvgIpc) is 2.97. The van der Waals surface area contributed by atoms with Crippen LogP contribution in [0.4, 0.5) is 0 Å². The van der Waals surface area contributed by atoms with Crippen LogP contribution in [0.1, 0.15) is 24.8 Å². The number of tetrazole rings is 1. The van der Waals surface area contributed by atoms with Crippen LogP contribution in [0.3, 0.4) is 0 Å². The summed E-state index contributed by atoms with van der Waals surface area (Å²) in [6, 6.07) is 8.26. The molecule has 112 valence electrons. The molecular formula is C15H21N5S. The van der Waals surface area contributed by atoms with E-state index in [0.29, 0.717) is 0 Å². The van der Waals surface area contributed by atoms with Gasteiger partial charge in [-0.3, -0.25) is 0 Å². The van der Waals surface area contributed by atoms with E-state index in [-0.39, 0.29) is 0 Å². The molecule has 2 aromatic rings. The molecule has 0 N–H and O–H groups in total. The molecule has 1 aliphatic rings. The molecule has 1 aromatic heterocycles. The van der Waals surface area contributed by atoms with Gasteiger partial charge in [-0.15, -0.1) is 5.10 Å². The van der Waals surface area contributed by atoms with Gasteiger partial charge in [0.15, 0.2) is 0 Å². The first kappa shape index (κ1) is 14.5. The minimum atomic E-state index is 0.873. The fourth-order valence-corrected chi connectivity index (χ4v) is 3.53. The third-order valence-electron chi connectivity index (χ3n) is 3.77. The summed E-state index contributed by atoms with van der Waals surface area (Å²) in [5.74, 6) is 1.03. The number of thioether (sulfide) groups is 1. The zero-order valence-corrected chi connectivity index (χ0v) is 13.2. The van der Waals surface area contributed by atoms with Gasteiger partial charge in [-0.05, 0) is 61.0 Å². The number of rotatable bonds is 5. The van der Waals surface area contributed by atoms with Crippen LogP contribution >= 0.6 is 11.8 Å². The van der Waals surface area contributed by atoms with Crippen molar-refractivity contribution in [2.24, 2.45) is 0 Å². The van der Waals surface area contributed by atoms with Crippen LogP contribution in [-0.4, -0.2) is 50.5 Å². The van der Waals surface area contributed by atoms with Gasteiger partial charge >= 0.3 is 0 Å². The Labute approximate surface area is 129 Å². The maximum atomic E-state index is 4.15. The first-order valence-electron chi connectivity index (χ1n) is 7.53. The van der Waals surface area contributed by atoms with Gasteiger partial charge in [0, 0.05) is 12.3 Å². The van der Waals surface area contributed by atoms with Gasteiger partial charge in [0.2, 0.25) is 5.16 Å². The quantitative estimate of drug-likeness (QED) is 0.794. The molecule has 5 nitrogen and oxygen atoms in total. The van der Waals surface area contributed by atoms with Crippen LogP contribution in [0.5, 0.6) is 0 Å². The van der Waals surface area contributed by atoms with Crippen molar-refractivity contribution in [2.75, 3.05) is 25.4 Å². The molecule has 3 rings (SSSR count). The molecule has 1 saturated heterocycles. The molecule has 21 heavy (non-hydrogen) atoms. The summed E-state index contributed by atoms with van der Waals surface area (Å²) in [6.45, 7) is 5.68. The Balaban J connectivity index is 1.60. The Morgan fingerprint density at radius 1 is 1.19 bits per heavy atom. The third kappa shape index (κ3) is 3.83. The van der Waals surface area contributed by atoms with Crippen LogP contribution in [0, 0.1) is 6.92 Å². The molecule has 0 saturated carbocycles. The van der Waals surface area contributed by atoms with Crippen molar-refractivity contribution in [1.29, 1.82) is 0 Å². The molecule has 1 fully saturated rings. The van der Waals surface area contributed by atoms with E-state index in [0.717, 1.165) is 23.1 Å². The molecule has 0 unspecified atom stereocenters. The van der Waals surface area contributed by atoms with Crippen LogP contribution in [0.15, 0.2) is 29.4 Å². The summed E-state index contributed by atoms with van der Waals surface area (Å²) in [6.07, 6.45) is 4.06. The summed E-state index contributed by atoms with van der Waals surface area (Å²) in [5, 5.41) is 13.0. The average molecular weight is 303 g/mol. The molecule has 0 bridgehead atoms. The van der Waals surface area contributed by atoms with Gasteiger partial charge < -0.3 is 4.90 Å². The second-order valence-corrected chi connectivity index (χ2v) is 6.53. The van der Waals surface area contributed by atoms with Crippen molar-refractivity contribution in [3.05, 3.63) is 29.8 Å². The van der Waals surface area contributed by atoms with E-state index in [9.17, 15) is 0 Å². The predicted octanol–water partition coefficient (Wildman–Crippen LogP) is 2.55. The first-order valence-corrected chi connectivity index (χ1v) is 8.52. The highest BCUT2D eigenvalue weighted by Crippen LogP contribution is 2.19. The van der Waals surface area contributed by atoms with Gasteiger partial charge in [0.05, 0.1) is 5.69 Å². The number of likely N-dealkylation sites (tertiary alicyclic amines) is 1. The Bertz CT molecular complexity index is 577. The number of hydrogen-bond acceptors (Lipinski definition) is 5. The fourth-order valence-electron chi connectivity index (χ4n) is 2.64. The summed E-state index contributed by atoms with van der Waals surface area (Å²) < 4.78 is 1.83. The van der Waals surface area contributed by atoms with Crippen molar-refractivity contribution < 1.29 is 0 Å². The number of piperidine rings is 1. The minimum Gasteiger partial charge on any atom is -0.303 e. The number of benzene rings is 1. The zero-order chi connectivity index (χ0) is 14.5. The molecule has 2 heterocycles. The molecular weight excluding hydrogens is 282 g/mol. The number of aromatic nitrogens is 4. The van der Waals surface area contributed by atoms with Gasteiger partial charge in [-0.25, -0.2) is 0 Å². The normalized spacial score (nSPS) is 16.2. The first-order chi connectivity index (χ1) is 10.3. The van der Waals surface area contributed by atoms with E-state index in [1.165, 1.54) is 37.9 Å². The summed E-state index contributed by atoms with van der Waals surface area (Å²) in [4.78, 5) is 2.54. The highest BCUT2D eigenvalue weighted by molar-refractivity contribution is 7.99. The molecule has 0 radical (unpaired) electrons. The van der Waals surface area contributed by atoms with Gasteiger partial charge in [0.25, 0.3) is 0 Å². The van der Waals surface area contributed by atoms with Crippen molar-refractivity contribution in [1.82, 2.24) is 25.1 Å². The van der Waals surface area contributed by atoms with E-state index >= 15 is 0 Å². The number of aryl methyl sites for hydroxylation is 1. The Hall–Kier alpha value is -1.40. The number of nitrogens with zero attached hydrogens (tertiary/aromatic N) is 5. The van der Waals surface area contributed by atoms with E-state index in [1.807, 2.05) is 16.8 Å². The summed E-state index contributed by atoms with van der Waals surface area (Å²) in [7, 11) is 0. The Morgan fingerprint density at radius 2 is 2.05 bits per heavy atom. The lowest BCUT2D eigenvalue weighted by molar-refractivity contribution is 0.242. The smallest absolute Gasteiger partial charge is 0.214 e. The Kier molecular flexibility index (Phi) is 4.87. The number of hydrogen-bond donors (Lipinski definition) is 0. The largest absolute Gasteiger partial charge is 0.303 e. The topological polar surface area (TPSA) is 46.8 Å². The lowest BCUT2D eigenvalue weighted by Gasteiger charge is -2.25. The molecule has 1 aliphatic heterocycles. The third-order valence-corrected chi connectivity index (χ3v) is 4.67. The molecule has 0 spiro atoms. The minimum absolute atomic E-state index is 0.873. The summed E-state index contributed by atoms with van der Waals surface area (Å²) >= 11 is 1.73. The highest BCUT2D eigenvalue weighted by Gasteiger charge is 2.12. The van der Waals surface area contributed by atoms with Crippen molar-refractivity contribution in [3.63, 3.8) is 0 Å². The standard InChI is InChI=1S/C15H21N5S/c1-13-6-5-7-14(12-13)20-15(16-17-18-20)21-11-10-19-8-3-2-4-9-19/h5-7,12H,2-4,8-11H2,1H3. The van der Waals surface area contributed by atoms with Crippen molar-refractivity contribution >= 4 is 11.8 Å². The maximum absolute atomic E-state index is 4.15. The van der Waals surface area contributed by atoms with Gasteiger partial charge in [-0.2, -0.15) is 4.68 Å². The molecule has 0 amide bonds. The maximum Gasteiger partial charge on any atom is 0.214 e. The van der Waals surface area contributed by atoms with Crippen LogP contribution in [0.25, 0.3) is 5.69 Å².